The van der Waals surface area contributed by atoms with Crippen LogP contribution in [0.5, 0.6) is 17.2 Å². The molecule has 12 heteroatoms. The molecule has 0 unspecified atom stereocenters. The summed E-state index contributed by atoms with van der Waals surface area (Å²) in [5.74, 6) is 1.03. The van der Waals surface area contributed by atoms with Crippen LogP contribution < -0.4 is 29.1 Å². The van der Waals surface area contributed by atoms with Crippen LogP contribution in [0.2, 0.25) is 0 Å². The molecular weight excluding hydrogens is 586 g/mol. The Bertz CT molecular complexity index is 1930. The molecule has 1 aromatic heterocycles. The summed E-state index contributed by atoms with van der Waals surface area (Å²) in [7, 11) is 3.05. The second-order valence-corrected chi connectivity index (χ2v) is 10.7. The zero-order valence-corrected chi connectivity index (χ0v) is 25.3. The summed E-state index contributed by atoms with van der Waals surface area (Å²) in [6.45, 7) is 3.87. The van der Waals surface area contributed by atoms with Crippen LogP contribution in [0.3, 0.4) is 0 Å². The number of ether oxygens (including phenoxy) is 4. The number of carbonyl (C=O) groups excluding carboxylic acids is 1. The van der Waals surface area contributed by atoms with Gasteiger partial charge in [0.15, 0.2) is 16.3 Å². The van der Waals surface area contributed by atoms with E-state index in [0.717, 1.165) is 11.1 Å². The fourth-order valence-corrected chi connectivity index (χ4v) is 5.87. The fourth-order valence-electron chi connectivity index (χ4n) is 4.82. The van der Waals surface area contributed by atoms with Crippen LogP contribution in [0.1, 0.15) is 36.6 Å². The summed E-state index contributed by atoms with van der Waals surface area (Å²) in [6.07, 6.45) is 1.76. The normalized spacial score (nSPS) is 14.5. The molecule has 226 valence electrons. The van der Waals surface area contributed by atoms with Crippen molar-refractivity contribution in [2.45, 2.75) is 26.5 Å². The molecule has 1 aliphatic rings. The van der Waals surface area contributed by atoms with Crippen LogP contribution in [0.25, 0.3) is 6.08 Å². The monoisotopic (exact) mass is 615 g/mol. The summed E-state index contributed by atoms with van der Waals surface area (Å²) in [5, 5.41) is 10.9. The van der Waals surface area contributed by atoms with Crippen LogP contribution in [0.4, 0.5) is 5.69 Å². The van der Waals surface area contributed by atoms with Crippen molar-refractivity contribution in [2.24, 2.45) is 4.99 Å². The molecule has 0 saturated heterocycles. The Morgan fingerprint density at radius 1 is 1.05 bits per heavy atom. The van der Waals surface area contributed by atoms with Crippen molar-refractivity contribution in [3.63, 3.8) is 0 Å². The maximum atomic E-state index is 13.9. The lowest BCUT2D eigenvalue weighted by Crippen LogP contribution is -2.39. The minimum absolute atomic E-state index is 0.0192. The van der Waals surface area contributed by atoms with E-state index in [0.29, 0.717) is 37.8 Å². The van der Waals surface area contributed by atoms with Gasteiger partial charge in [-0.2, -0.15) is 0 Å². The van der Waals surface area contributed by atoms with Gasteiger partial charge >= 0.3 is 5.97 Å². The van der Waals surface area contributed by atoms with Crippen LogP contribution in [-0.2, 0) is 16.1 Å². The quantitative estimate of drug-likeness (QED) is 0.147. The van der Waals surface area contributed by atoms with Crippen molar-refractivity contribution >= 4 is 29.1 Å². The summed E-state index contributed by atoms with van der Waals surface area (Å²) in [6, 6.07) is 17.9. The Morgan fingerprint density at radius 3 is 2.39 bits per heavy atom. The first-order valence-corrected chi connectivity index (χ1v) is 14.4. The van der Waals surface area contributed by atoms with Crippen LogP contribution >= 0.6 is 11.3 Å². The zero-order valence-electron chi connectivity index (χ0n) is 24.4. The molecule has 0 spiro atoms. The number of esters is 1. The highest BCUT2D eigenvalue weighted by molar-refractivity contribution is 7.07. The molecule has 0 bridgehead atoms. The lowest BCUT2D eigenvalue weighted by Gasteiger charge is -2.25. The first-order chi connectivity index (χ1) is 21.2. The molecule has 0 saturated carbocycles. The standard InChI is InChI=1S/C32H29N3O8S/c1-5-42-31(37)28-19(2)33-32-34(29(28)22-10-15-25(40-3)26(17-22)41-4)30(36)27(44-32)16-20-8-13-24(14-9-20)43-18-21-6-11-23(12-7-21)35(38)39/h6-17,29H,5,18H2,1-4H3/b27-16-/t29-/m1/s1. The van der Waals surface area contributed by atoms with Gasteiger partial charge in [0, 0.05) is 12.1 Å². The van der Waals surface area contributed by atoms with E-state index in [-0.39, 0.29) is 30.0 Å². The number of nitro groups is 1. The Morgan fingerprint density at radius 2 is 1.75 bits per heavy atom. The topological polar surface area (TPSA) is 131 Å². The van der Waals surface area contributed by atoms with E-state index in [9.17, 15) is 19.7 Å². The van der Waals surface area contributed by atoms with Gasteiger partial charge in [-0.3, -0.25) is 19.5 Å². The van der Waals surface area contributed by atoms with Crippen molar-refractivity contribution in [3.8, 4) is 17.2 Å². The van der Waals surface area contributed by atoms with Crippen LogP contribution in [0, 0.1) is 10.1 Å². The first-order valence-electron chi connectivity index (χ1n) is 13.6. The van der Waals surface area contributed by atoms with Crippen molar-refractivity contribution in [3.05, 3.63) is 124 Å². The van der Waals surface area contributed by atoms with E-state index < -0.39 is 16.9 Å². The van der Waals surface area contributed by atoms with Gasteiger partial charge < -0.3 is 18.9 Å². The molecule has 2 heterocycles. The Hall–Kier alpha value is -5.23. The molecule has 0 amide bonds. The molecule has 1 atom stereocenters. The SMILES string of the molecule is CCOC(=O)C1=C(C)N=c2s/c(=C\c3ccc(OCc4ccc([N+](=O)[O-])cc4)cc3)c(=O)n2[C@@H]1c1ccc(OC)c(OC)c1. The molecule has 0 aliphatic carbocycles. The van der Waals surface area contributed by atoms with E-state index in [4.69, 9.17) is 18.9 Å². The molecule has 1 aliphatic heterocycles. The van der Waals surface area contributed by atoms with Gasteiger partial charge in [0.25, 0.3) is 11.2 Å². The number of non-ortho nitro benzene ring substituents is 1. The van der Waals surface area contributed by atoms with Crippen molar-refractivity contribution < 1.29 is 28.7 Å². The third kappa shape index (κ3) is 6.11. The molecule has 0 fully saturated rings. The molecule has 4 aromatic rings. The number of hydrogen-bond donors (Lipinski definition) is 0. The molecule has 3 aromatic carbocycles. The minimum atomic E-state index is -0.789. The summed E-state index contributed by atoms with van der Waals surface area (Å²) < 4.78 is 24.0. The van der Waals surface area contributed by atoms with Gasteiger partial charge in [0.05, 0.1) is 47.6 Å². The maximum absolute atomic E-state index is 13.9. The van der Waals surface area contributed by atoms with Gasteiger partial charge in [-0.15, -0.1) is 0 Å². The third-order valence-corrected chi connectivity index (χ3v) is 7.95. The highest BCUT2D eigenvalue weighted by atomic mass is 32.1. The average molecular weight is 616 g/mol. The summed E-state index contributed by atoms with van der Waals surface area (Å²) >= 11 is 1.23. The number of nitro benzene ring substituents is 1. The van der Waals surface area contributed by atoms with Crippen LogP contribution in [-0.4, -0.2) is 36.3 Å². The van der Waals surface area contributed by atoms with Gasteiger partial charge in [0.1, 0.15) is 12.4 Å². The summed E-state index contributed by atoms with van der Waals surface area (Å²) in [4.78, 5) is 42.5. The number of rotatable bonds is 10. The average Bonchev–Trinajstić information content (AvgIpc) is 3.33. The Balaban J connectivity index is 1.48. The molecule has 0 radical (unpaired) electrons. The van der Waals surface area contributed by atoms with E-state index in [1.165, 1.54) is 42.3 Å². The minimum Gasteiger partial charge on any atom is -0.493 e. The predicted molar refractivity (Wildman–Crippen MR) is 164 cm³/mol. The molecular formula is C32H29N3O8S. The second-order valence-electron chi connectivity index (χ2n) is 9.70. The fraction of sp³-hybridized carbons (Fsp3) is 0.219. The lowest BCUT2D eigenvalue weighted by molar-refractivity contribution is -0.384. The lowest BCUT2D eigenvalue weighted by atomic mass is 9.95. The number of methoxy groups -OCH3 is 2. The molecule has 44 heavy (non-hydrogen) atoms. The molecule has 0 N–H and O–H groups in total. The van der Waals surface area contributed by atoms with Crippen molar-refractivity contribution in [1.82, 2.24) is 4.57 Å². The van der Waals surface area contributed by atoms with Crippen LogP contribution in [0.15, 0.2) is 87.8 Å². The zero-order chi connectivity index (χ0) is 31.4. The maximum Gasteiger partial charge on any atom is 0.338 e. The van der Waals surface area contributed by atoms with Crippen molar-refractivity contribution in [2.75, 3.05) is 20.8 Å². The van der Waals surface area contributed by atoms with Gasteiger partial charge in [-0.25, -0.2) is 9.79 Å². The number of fused-ring (bicyclic) bond motifs is 1. The van der Waals surface area contributed by atoms with Gasteiger partial charge in [0.2, 0.25) is 0 Å². The van der Waals surface area contributed by atoms with E-state index >= 15 is 0 Å². The number of nitrogens with zero attached hydrogens (tertiary/aromatic N) is 3. The van der Waals surface area contributed by atoms with E-state index in [2.05, 4.69) is 4.99 Å². The first kappa shape index (κ1) is 30.2. The largest absolute Gasteiger partial charge is 0.493 e. The van der Waals surface area contributed by atoms with Crippen molar-refractivity contribution in [1.29, 1.82) is 0 Å². The van der Waals surface area contributed by atoms with E-state index in [1.807, 2.05) is 12.1 Å². The number of benzene rings is 3. The predicted octanol–water partition coefficient (Wildman–Crippen LogP) is 4.30. The number of thiazole rings is 1. The Labute approximate surface area is 256 Å². The smallest absolute Gasteiger partial charge is 0.338 e. The van der Waals surface area contributed by atoms with Gasteiger partial charge in [-0.1, -0.05) is 29.5 Å². The second kappa shape index (κ2) is 13.0. The third-order valence-electron chi connectivity index (χ3n) is 6.97. The molecule has 5 rings (SSSR count). The molecule has 11 nitrogen and oxygen atoms in total. The highest BCUT2D eigenvalue weighted by Crippen LogP contribution is 2.36. The number of hydrogen-bond acceptors (Lipinski definition) is 10. The number of aromatic nitrogens is 1. The van der Waals surface area contributed by atoms with E-state index in [1.54, 1.807) is 62.4 Å². The highest BCUT2D eigenvalue weighted by Gasteiger charge is 2.34. The van der Waals surface area contributed by atoms with Gasteiger partial charge in [-0.05, 0) is 73.0 Å². The number of carbonyl (C=O) groups is 1. The number of allylic oxidation sites excluding steroid dienone is 1. The summed E-state index contributed by atoms with van der Waals surface area (Å²) in [5.41, 5.74) is 2.65. The Kier molecular flexibility index (Phi) is 8.91.